The molecular weight excluding hydrogens is 307 g/mol. The molecule has 0 aliphatic carbocycles. The Balaban J connectivity index is 4.66. The van der Waals surface area contributed by atoms with Crippen LogP contribution in [-0.4, -0.2) is 29.2 Å². The highest BCUT2D eigenvalue weighted by Crippen LogP contribution is 2.36. The van der Waals surface area contributed by atoms with Gasteiger partial charge in [0.2, 0.25) is 0 Å². The van der Waals surface area contributed by atoms with Crippen LogP contribution in [0.1, 0.15) is 38.5 Å². The Bertz CT molecular complexity index is 243. The van der Waals surface area contributed by atoms with Crippen molar-refractivity contribution in [3.05, 3.63) is 0 Å². The molecule has 122 valence electrons. The van der Waals surface area contributed by atoms with Crippen LogP contribution in [0.5, 0.6) is 0 Å². The van der Waals surface area contributed by atoms with Gasteiger partial charge < -0.3 is 5.11 Å². The molecule has 0 atom stereocenters. The molecule has 0 aromatic carbocycles. The van der Waals surface area contributed by atoms with Gasteiger partial charge in [-0.3, -0.25) is 0 Å². The van der Waals surface area contributed by atoms with Gasteiger partial charge in [0.25, 0.3) is 0 Å². The van der Waals surface area contributed by atoms with Gasteiger partial charge in [-0.15, -0.1) is 0 Å². The second-order valence-electron chi connectivity index (χ2n) is 4.57. The molecule has 0 saturated carbocycles. The maximum absolute atomic E-state index is 12.0. The fraction of sp³-hybridized carbons (Fsp3) is 1.00. The lowest BCUT2D eigenvalue weighted by atomic mass is 9.87. The van der Waals surface area contributed by atoms with Crippen molar-refractivity contribution in [1.29, 1.82) is 0 Å². The highest BCUT2D eigenvalue weighted by Gasteiger charge is 2.40. The molecule has 0 unspecified atom stereocenters. The molecule has 0 aliphatic heterocycles. The largest absolute Gasteiger partial charge is 0.390 e. The zero-order valence-corrected chi connectivity index (χ0v) is 10.1. The van der Waals surface area contributed by atoms with Gasteiger partial charge in [-0.25, -0.2) is 0 Å². The monoisotopic (exact) mass is 320 g/mol. The van der Waals surface area contributed by atoms with Gasteiger partial charge in [-0.1, -0.05) is 0 Å². The van der Waals surface area contributed by atoms with Gasteiger partial charge in [0, 0.05) is 19.3 Å². The number of rotatable bonds is 6. The normalized spacial score (nSPS) is 14.7. The van der Waals surface area contributed by atoms with Gasteiger partial charge in [0.15, 0.2) is 0 Å². The van der Waals surface area contributed by atoms with Crippen molar-refractivity contribution in [2.45, 2.75) is 62.7 Å². The van der Waals surface area contributed by atoms with E-state index in [1.54, 1.807) is 0 Å². The van der Waals surface area contributed by atoms with E-state index >= 15 is 0 Å². The van der Waals surface area contributed by atoms with Crippen LogP contribution in [0.4, 0.5) is 39.5 Å². The molecule has 0 aromatic heterocycles. The van der Waals surface area contributed by atoms with Crippen LogP contribution < -0.4 is 0 Å². The average molecular weight is 320 g/mol. The molecule has 0 aromatic rings. The lowest BCUT2D eigenvalue weighted by molar-refractivity contribution is -0.172. The Labute approximate surface area is 108 Å². The summed E-state index contributed by atoms with van der Waals surface area (Å²) in [4.78, 5) is 0. The standard InChI is InChI=1S/C10H13F9O/c11-8(12,13)4-1-7(20,2-5-9(14,15)16)3-6-10(17,18)19/h20H,1-6H2. The molecule has 20 heavy (non-hydrogen) atoms. The van der Waals surface area contributed by atoms with Crippen LogP contribution in [0.25, 0.3) is 0 Å². The minimum absolute atomic E-state index is 1.19. The summed E-state index contributed by atoms with van der Waals surface area (Å²) < 4.78 is 108. The summed E-state index contributed by atoms with van der Waals surface area (Å²) in [5, 5.41) is 9.60. The molecule has 1 N–H and O–H groups in total. The molecule has 0 rings (SSSR count). The zero-order chi connectivity index (χ0) is 16.2. The van der Waals surface area contributed by atoms with Crippen molar-refractivity contribution < 1.29 is 44.6 Å². The lowest BCUT2D eigenvalue weighted by Crippen LogP contribution is -2.34. The van der Waals surface area contributed by atoms with E-state index in [1.165, 1.54) is 0 Å². The van der Waals surface area contributed by atoms with Crippen LogP contribution in [0.2, 0.25) is 0 Å². The second-order valence-corrected chi connectivity index (χ2v) is 4.57. The summed E-state index contributed by atoms with van der Waals surface area (Å²) in [6, 6.07) is 0. The molecule has 0 bridgehead atoms. The molecule has 0 saturated heterocycles. The Hall–Kier alpha value is -0.670. The second kappa shape index (κ2) is 6.40. The first kappa shape index (κ1) is 19.3. The Kier molecular flexibility index (Phi) is 6.18. The molecule has 0 heterocycles. The van der Waals surface area contributed by atoms with E-state index in [9.17, 15) is 44.6 Å². The first-order valence-electron chi connectivity index (χ1n) is 5.55. The van der Waals surface area contributed by atoms with E-state index in [0.29, 0.717) is 0 Å². The van der Waals surface area contributed by atoms with Crippen LogP contribution >= 0.6 is 0 Å². The molecule has 10 heteroatoms. The molecule has 0 aliphatic rings. The predicted octanol–water partition coefficient (Wildman–Crippen LogP) is 4.75. The number of halogens is 9. The van der Waals surface area contributed by atoms with Crippen molar-refractivity contribution >= 4 is 0 Å². The third-order valence-electron chi connectivity index (χ3n) is 2.62. The smallest absolute Gasteiger partial charge is 0.389 e. The molecule has 1 nitrogen and oxygen atoms in total. The number of alkyl halides is 9. The highest BCUT2D eigenvalue weighted by molar-refractivity contribution is 4.82. The number of hydrogen-bond acceptors (Lipinski definition) is 1. The van der Waals surface area contributed by atoms with E-state index in [0.717, 1.165) is 0 Å². The van der Waals surface area contributed by atoms with Crippen molar-refractivity contribution in [2.24, 2.45) is 0 Å². The topological polar surface area (TPSA) is 20.2 Å². The van der Waals surface area contributed by atoms with Gasteiger partial charge in [-0.05, 0) is 19.3 Å². The third kappa shape index (κ3) is 11.2. The van der Waals surface area contributed by atoms with Gasteiger partial charge >= 0.3 is 18.5 Å². The van der Waals surface area contributed by atoms with Gasteiger partial charge in [-0.2, -0.15) is 39.5 Å². The van der Waals surface area contributed by atoms with Crippen LogP contribution in [0.3, 0.4) is 0 Å². The summed E-state index contributed by atoms with van der Waals surface area (Å²) in [6.45, 7) is 0. The SMILES string of the molecule is OC(CCC(F)(F)F)(CCC(F)(F)F)CCC(F)(F)F. The van der Waals surface area contributed by atoms with Gasteiger partial charge in [0.05, 0.1) is 5.60 Å². The van der Waals surface area contributed by atoms with Crippen LogP contribution in [-0.2, 0) is 0 Å². The maximum atomic E-state index is 12.0. The van der Waals surface area contributed by atoms with E-state index in [-0.39, 0.29) is 0 Å². The summed E-state index contributed by atoms with van der Waals surface area (Å²) in [7, 11) is 0. The van der Waals surface area contributed by atoms with Crippen molar-refractivity contribution in [1.82, 2.24) is 0 Å². The van der Waals surface area contributed by atoms with Crippen molar-refractivity contribution in [3.8, 4) is 0 Å². The lowest BCUT2D eigenvalue weighted by Gasteiger charge is -2.29. The first-order chi connectivity index (χ1) is 8.62. The summed E-state index contributed by atoms with van der Waals surface area (Å²) in [6.07, 6.45) is -22.8. The Morgan fingerprint density at radius 1 is 0.450 bits per heavy atom. The molecule has 0 radical (unpaired) electrons. The third-order valence-corrected chi connectivity index (χ3v) is 2.62. The summed E-state index contributed by atoms with van der Waals surface area (Å²) >= 11 is 0. The average Bonchev–Trinajstić information content (AvgIpc) is 2.18. The fourth-order valence-electron chi connectivity index (χ4n) is 1.50. The van der Waals surface area contributed by atoms with Crippen LogP contribution in [0.15, 0.2) is 0 Å². The maximum Gasteiger partial charge on any atom is 0.389 e. The Morgan fingerprint density at radius 3 is 0.800 bits per heavy atom. The fourth-order valence-corrected chi connectivity index (χ4v) is 1.50. The predicted molar refractivity (Wildman–Crippen MR) is 50.8 cm³/mol. The molecular formula is C10H13F9O. The van der Waals surface area contributed by atoms with E-state index in [4.69, 9.17) is 0 Å². The zero-order valence-electron chi connectivity index (χ0n) is 10.1. The Morgan fingerprint density at radius 2 is 0.650 bits per heavy atom. The summed E-state index contributed by atoms with van der Waals surface area (Å²) in [5.74, 6) is 0. The van der Waals surface area contributed by atoms with Crippen molar-refractivity contribution in [3.63, 3.8) is 0 Å². The summed E-state index contributed by atoms with van der Waals surface area (Å²) in [5.41, 5.74) is -2.64. The molecule has 0 fully saturated rings. The number of aliphatic hydroxyl groups is 1. The van der Waals surface area contributed by atoms with Crippen LogP contribution in [0, 0.1) is 0 Å². The van der Waals surface area contributed by atoms with E-state index in [2.05, 4.69) is 0 Å². The van der Waals surface area contributed by atoms with Crippen molar-refractivity contribution in [2.75, 3.05) is 0 Å². The number of hydrogen-bond donors (Lipinski definition) is 1. The van der Waals surface area contributed by atoms with E-state index < -0.39 is 62.7 Å². The van der Waals surface area contributed by atoms with E-state index in [1.807, 2.05) is 0 Å². The molecule has 0 spiro atoms. The first-order valence-corrected chi connectivity index (χ1v) is 5.55. The minimum Gasteiger partial charge on any atom is -0.390 e. The quantitative estimate of drug-likeness (QED) is 0.701. The van der Waals surface area contributed by atoms with Gasteiger partial charge in [0.1, 0.15) is 0 Å². The minimum atomic E-state index is -4.76. The molecule has 0 amide bonds. The highest BCUT2D eigenvalue weighted by atomic mass is 19.4.